The molecular weight excluding hydrogens is 258 g/mol. The van der Waals surface area contributed by atoms with Crippen LogP contribution in [0.5, 0.6) is 0 Å². The van der Waals surface area contributed by atoms with E-state index in [-0.39, 0.29) is 0 Å². The van der Waals surface area contributed by atoms with Gasteiger partial charge in [-0.05, 0) is 29.5 Å². The smallest absolute Gasteiger partial charge is 0.0953 e. The number of aromatic nitrogens is 2. The molecule has 1 heterocycles. The SMILES string of the molecule is CC(C)CNCc1cn(Cc2ccc(C(C)C)cc2)cn1. The molecule has 0 aliphatic rings. The van der Waals surface area contributed by atoms with Gasteiger partial charge in [-0.2, -0.15) is 0 Å². The molecule has 3 heteroatoms. The molecular formula is C18H27N3. The van der Waals surface area contributed by atoms with Crippen molar-refractivity contribution in [1.82, 2.24) is 14.9 Å². The highest BCUT2D eigenvalue weighted by Gasteiger charge is 2.02. The first-order chi connectivity index (χ1) is 10.0. The summed E-state index contributed by atoms with van der Waals surface area (Å²) in [4.78, 5) is 4.46. The van der Waals surface area contributed by atoms with E-state index in [1.54, 1.807) is 0 Å². The number of imidazole rings is 1. The van der Waals surface area contributed by atoms with Crippen LogP contribution in [0.4, 0.5) is 0 Å². The first-order valence-corrected chi connectivity index (χ1v) is 7.85. The van der Waals surface area contributed by atoms with Crippen molar-refractivity contribution in [3.8, 4) is 0 Å². The average molecular weight is 285 g/mol. The third kappa shape index (κ3) is 5.01. The second-order valence-corrected chi connectivity index (χ2v) is 6.46. The van der Waals surface area contributed by atoms with Gasteiger partial charge in [0, 0.05) is 19.3 Å². The number of hydrogen-bond acceptors (Lipinski definition) is 2. The molecule has 0 unspecified atom stereocenters. The van der Waals surface area contributed by atoms with Crippen LogP contribution in [0.3, 0.4) is 0 Å². The minimum absolute atomic E-state index is 0.589. The summed E-state index contributed by atoms with van der Waals surface area (Å²) in [5.41, 5.74) is 3.82. The Morgan fingerprint density at radius 2 is 1.81 bits per heavy atom. The van der Waals surface area contributed by atoms with Gasteiger partial charge in [-0.15, -0.1) is 0 Å². The highest BCUT2D eigenvalue weighted by molar-refractivity contribution is 5.25. The van der Waals surface area contributed by atoms with Gasteiger partial charge in [-0.25, -0.2) is 4.98 Å². The van der Waals surface area contributed by atoms with Crippen LogP contribution < -0.4 is 5.32 Å². The van der Waals surface area contributed by atoms with E-state index in [9.17, 15) is 0 Å². The molecule has 3 nitrogen and oxygen atoms in total. The van der Waals surface area contributed by atoms with Crippen LogP contribution in [-0.4, -0.2) is 16.1 Å². The maximum absolute atomic E-state index is 4.46. The molecule has 1 aromatic heterocycles. The van der Waals surface area contributed by atoms with Gasteiger partial charge in [-0.3, -0.25) is 0 Å². The molecule has 2 aromatic rings. The molecule has 0 amide bonds. The van der Waals surface area contributed by atoms with E-state index < -0.39 is 0 Å². The van der Waals surface area contributed by atoms with Gasteiger partial charge in [0.05, 0.1) is 12.0 Å². The second-order valence-electron chi connectivity index (χ2n) is 6.46. The summed E-state index contributed by atoms with van der Waals surface area (Å²) in [5.74, 6) is 1.26. The number of rotatable bonds is 7. The van der Waals surface area contributed by atoms with Crippen molar-refractivity contribution >= 4 is 0 Å². The largest absolute Gasteiger partial charge is 0.333 e. The summed E-state index contributed by atoms with van der Waals surface area (Å²) in [7, 11) is 0. The number of benzene rings is 1. The van der Waals surface area contributed by atoms with E-state index in [1.165, 1.54) is 11.1 Å². The Morgan fingerprint density at radius 3 is 2.43 bits per heavy atom. The normalized spacial score (nSPS) is 11.5. The third-order valence-electron chi connectivity index (χ3n) is 3.56. The summed E-state index contributed by atoms with van der Waals surface area (Å²) in [6.45, 7) is 11.6. The lowest BCUT2D eigenvalue weighted by Crippen LogP contribution is -2.19. The van der Waals surface area contributed by atoms with Gasteiger partial charge in [0.1, 0.15) is 0 Å². The third-order valence-corrected chi connectivity index (χ3v) is 3.56. The predicted molar refractivity (Wildman–Crippen MR) is 88.4 cm³/mol. The van der Waals surface area contributed by atoms with Gasteiger partial charge in [-0.1, -0.05) is 52.0 Å². The van der Waals surface area contributed by atoms with Crippen molar-refractivity contribution in [2.24, 2.45) is 5.92 Å². The molecule has 0 spiro atoms. The highest BCUT2D eigenvalue weighted by atomic mass is 15.0. The lowest BCUT2D eigenvalue weighted by atomic mass is 10.0. The fourth-order valence-corrected chi connectivity index (χ4v) is 2.29. The topological polar surface area (TPSA) is 29.9 Å². The van der Waals surface area contributed by atoms with Crippen LogP contribution in [0.2, 0.25) is 0 Å². The molecule has 0 saturated heterocycles. The maximum Gasteiger partial charge on any atom is 0.0953 e. The van der Waals surface area contributed by atoms with Gasteiger partial charge in [0.2, 0.25) is 0 Å². The molecule has 0 radical (unpaired) electrons. The molecule has 21 heavy (non-hydrogen) atoms. The van der Waals surface area contributed by atoms with E-state index >= 15 is 0 Å². The van der Waals surface area contributed by atoms with Gasteiger partial charge in [0.25, 0.3) is 0 Å². The van der Waals surface area contributed by atoms with Gasteiger partial charge in [0.15, 0.2) is 0 Å². The van der Waals surface area contributed by atoms with Crippen molar-refractivity contribution in [3.63, 3.8) is 0 Å². The number of hydrogen-bond donors (Lipinski definition) is 1. The van der Waals surface area contributed by atoms with E-state index in [1.807, 2.05) is 6.33 Å². The molecule has 1 N–H and O–H groups in total. The highest BCUT2D eigenvalue weighted by Crippen LogP contribution is 2.15. The zero-order chi connectivity index (χ0) is 15.2. The van der Waals surface area contributed by atoms with Crippen LogP contribution in [0, 0.1) is 5.92 Å². The molecule has 0 aliphatic heterocycles. The Kier molecular flexibility index (Phi) is 5.57. The van der Waals surface area contributed by atoms with Crippen molar-refractivity contribution in [2.45, 2.75) is 46.7 Å². The van der Waals surface area contributed by atoms with Crippen LogP contribution in [0.25, 0.3) is 0 Å². The number of nitrogens with zero attached hydrogens (tertiary/aromatic N) is 2. The van der Waals surface area contributed by atoms with Crippen LogP contribution >= 0.6 is 0 Å². The summed E-state index contributed by atoms with van der Waals surface area (Å²) in [6, 6.07) is 8.88. The second kappa shape index (κ2) is 7.41. The monoisotopic (exact) mass is 285 g/mol. The first-order valence-electron chi connectivity index (χ1n) is 7.85. The fraction of sp³-hybridized carbons (Fsp3) is 0.500. The Balaban J connectivity index is 1.89. The first kappa shape index (κ1) is 15.8. The van der Waals surface area contributed by atoms with Gasteiger partial charge >= 0.3 is 0 Å². The van der Waals surface area contributed by atoms with Gasteiger partial charge < -0.3 is 9.88 Å². The molecule has 0 bridgehead atoms. The zero-order valence-corrected chi connectivity index (χ0v) is 13.6. The van der Waals surface area contributed by atoms with E-state index in [0.717, 1.165) is 25.3 Å². The summed E-state index contributed by atoms with van der Waals surface area (Å²) < 4.78 is 2.15. The molecule has 114 valence electrons. The average Bonchev–Trinajstić information content (AvgIpc) is 2.86. The molecule has 0 fully saturated rings. The van der Waals surface area contributed by atoms with E-state index in [2.05, 4.69) is 73.0 Å². The van der Waals surface area contributed by atoms with Crippen molar-refractivity contribution in [1.29, 1.82) is 0 Å². The van der Waals surface area contributed by atoms with E-state index in [0.29, 0.717) is 11.8 Å². The Hall–Kier alpha value is -1.61. The summed E-state index contributed by atoms with van der Waals surface area (Å²) in [6.07, 6.45) is 4.05. The Labute approximate surface area is 128 Å². The lowest BCUT2D eigenvalue weighted by molar-refractivity contribution is 0.548. The summed E-state index contributed by atoms with van der Waals surface area (Å²) in [5, 5.41) is 3.42. The van der Waals surface area contributed by atoms with E-state index in [4.69, 9.17) is 0 Å². The lowest BCUT2D eigenvalue weighted by Gasteiger charge is -2.07. The standard InChI is InChI=1S/C18H27N3/c1-14(2)9-19-10-18-12-21(13-20-18)11-16-5-7-17(8-6-16)15(3)4/h5-8,12-15,19H,9-11H2,1-4H3. The van der Waals surface area contributed by atoms with Crippen molar-refractivity contribution in [2.75, 3.05) is 6.54 Å². The number of nitrogens with one attached hydrogen (secondary N) is 1. The fourth-order valence-electron chi connectivity index (χ4n) is 2.29. The minimum atomic E-state index is 0.589. The van der Waals surface area contributed by atoms with Crippen LogP contribution in [0.1, 0.15) is 50.4 Å². The van der Waals surface area contributed by atoms with Crippen molar-refractivity contribution < 1.29 is 0 Å². The van der Waals surface area contributed by atoms with Crippen LogP contribution in [-0.2, 0) is 13.1 Å². The Bertz CT molecular complexity index is 538. The minimum Gasteiger partial charge on any atom is -0.333 e. The predicted octanol–water partition coefficient (Wildman–Crippen LogP) is 3.80. The van der Waals surface area contributed by atoms with Crippen LogP contribution in [0.15, 0.2) is 36.8 Å². The quantitative estimate of drug-likeness (QED) is 0.838. The maximum atomic E-state index is 4.46. The molecule has 1 aromatic carbocycles. The molecule has 0 saturated carbocycles. The Morgan fingerprint density at radius 1 is 1.10 bits per heavy atom. The molecule has 2 rings (SSSR count). The molecule has 0 atom stereocenters. The zero-order valence-electron chi connectivity index (χ0n) is 13.6. The van der Waals surface area contributed by atoms with Crippen molar-refractivity contribution in [3.05, 3.63) is 53.6 Å². The summed E-state index contributed by atoms with van der Waals surface area (Å²) >= 11 is 0. The molecule has 0 aliphatic carbocycles.